The van der Waals surface area contributed by atoms with Gasteiger partial charge in [-0.2, -0.15) is 0 Å². The molecule has 1 aromatic rings. The van der Waals surface area contributed by atoms with Crippen LogP contribution in [0.2, 0.25) is 0 Å². The van der Waals surface area contributed by atoms with E-state index in [4.69, 9.17) is 0 Å². The Morgan fingerprint density at radius 1 is 1.56 bits per heavy atom. The first-order valence-electron chi connectivity index (χ1n) is 5.37. The molecule has 0 aliphatic rings. The fourth-order valence-electron chi connectivity index (χ4n) is 1.41. The van der Waals surface area contributed by atoms with E-state index in [2.05, 4.69) is 10.3 Å². The van der Waals surface area contributed by atoms with E-state index in [1.54, 1.807) is 12.3 Å². The minimum absolute atomic E-state index is 0.0880. The lowest BCUT2D eigenvalue weighted by molar-refractivity contribution is -0.114. The van der Waals surface area contributed by atoms with Gasteiger partial charge in [-0.15, -0.1) is 0 Å². The molecule has 1 heterocycles. The summed E-state index contributed by atoms with van der Waals surface area (Å²) < 4.78 is 0. The third-order valence-corrected chi connectivity index (χ3v) is 2.89. The molecule has 4 heteroatoms. The van der Waals surface area contributed by atoms with Crippen LogP contribution in [0.5, 0.6) is 0 Å². The molecule has 0 spiro atoms. The highest BCUT2D eigenvalue weighted by Gasteiger charge is 2.23. The van der Waals surface area contributed by atoms with Gasteiger partial charge in [0, 0.05) is 18.5 Å². The van der Waals surface area contributed by atoms with Gasteiger partial charge in [-0.1, -0.05) is 19.9 Å². The Hall–Kier alpha value is -1.42. The van der Waals surface area contributed by atoms with Crippen molar-refractivity contribution in [3.63, 3.8) is 0 Å². The van der Waals surface area contributed by atoms with E-state index in [1.165, 1.54) is 6.92 Å². The number of nitrogens with zero attached hydrogens (tertiary/aromatic N) is 1. The molecule has 16 heavy (non-hydrogen) atoms. The number of aliphatic hydroxyl groups excluding tert-OH is 1. The summed E-state index contributed by atoms with van der Waals surface area (Å²) in [5.41, 5.74) is 0.716. The van der Waals surface area contributed by atoms with Gasteiger partial charge in [0.1, 0.15) is 5.82 Å². The number of pyridine rings is 1. The molecule has 0 fully saturated rings. The van der Waals surface area contributed by atoms with E-state index < -0.39 is 0 Å². The molecule has 2 N–H and O–H groups in total. The monoisotopic (exact) mass is 222 g/mol. The van der Waals surface area contributed by atoms with Crippen molar-refractivity contribution in [1.29, 1.82) is 0 Å². The van der Waals surface area contributed by atoms with Crippen LogP contribution >= 0.6 is 0 Å². The molecule has 0 aliphatic heterocycles. The van der Waals surface area contributed by atoms with Gasteiger partial charge < -0.3 is 10.4 Å². The maximum absolute atomic E-state index is 10.8. The second-order valence-corrected chi connectivity index (χ2v) is 4.19. The minimum atomic E-state index is -0.262. The van der Waals surface area contributed by atoms with Crippen LogP contribution in [0.15, 0.2) is 18.3 Å². The Morgan fingerprint density at radius 2 is 2.25 bits per heavy atom. The molecular weight excluding hydrogens is 204 g/mol. The van der Waals surface area contributed by atoms with Gasteiger partial charge in [0.15, 0.2) is 0 Å². The molecule has 0 bridgehead atoms. The molecule has 1 aromatic heterocycles. The lowest BCUT2D eigenvalue weighted by atomic mass is 9.82. The Bertz CT molecular complexity index is 356. The van der Waals surface area contributed by atoms with E-state index in [0.717, 1.165) is 12.0 Å². The van der Waals surface area contributed by atoms with E-state index in [1.807, 2.05) is 19.9 Å². The first kappa shape index (κ1) is 12.6. The molecule has 1 rings (SSSR count). The molecule has 0 saturated carbocycles. The van der Waals surface area contributed by atoms with Gasteiger partial charge in [0.2, 0.25) is 5.91 Å². The summed E-state index contributed by atoms with van der Waals surface area (Å²) in [5, 5.41) is 12.0. The van der Waals surface area contributed by atoms with Crippen LogP contribution in [0.4, 0.5) is 5.82 Å². The van der Waals surface area contributed by atoms with Gasteiger partial charge in [-0.3, -0.25) is 4.79 Å². The third kappa shape index (κ3) is 2.79. The van der Waals surface area contributed by atoms with Crippen LogP contribution in [0, 0.1) is 0 Å². The quantitative estimate of drug-likeness (QED) is 0.815. The molecule has 0 saturated heterocycles. The number of hydrogen-bond donors (Lipinski definition) is 2. The molecule has 1 unspecified atom stereocenters. The Balaban J connectivity index is 2.89. The topological polar surface area (TPSA) is 62.2 Å². The van der Waals surface area contributed by atoms with Crippen LogP contribution in [0.1, 0.15) is 32.8 Å². The van der Waals surface area contributed by atoms with Crippen molar-refractivity contribution in [3.8, 4) is 0 Å². The Kier molecular flexibility index (Phi) is 4.01. The van der Waals surface area contributed by atoms with Crippen LogP contribution < -0.4 is 5.32 Å². The van der Waals surface area contributed by atoms with E-state index in [-0.39, 0.29) is 17.9 Å². The molecular formula is C12H18N2O2. The predicted octanol–water partition coefficient (Wildman–Crippen LogP) is 1.70. The predicted molar refractivity (Wildman–Crippen MR) is 63.3 cm³/mol. The normalized spacial score (nSPS) is 14.2. The highest BCUT2D eigenvalue weighted by atomic mass is 16.3. The van der Waals surface area contributed by atoms with Crippen molar-refractivity contribution in [2.75, 3.05) is 11.9 Å². The number of aliphatic hydroxyl groups is 1. The van der Waals surface area contributed by atoms with E-state index in [9.17, 15) is 9.90 Å². The van der Waals surface area contributed by atoms with E-state index >= 15 is 0 Å². The van der Waals surface area contributed by atoms with Crippen molar-refractivity contribution >= 4 is 11.7 Å². The summed E-state index contributed by atoms with van der Waals surface area (Å²) in [6.45, 7) is 5.55. The van der Waals surface area contributed by atoms with Crippen molar-refractivity contribution in [1.82, 2.24) is 4.98 Å². The van der Waals surface area contributed by atoms with Crippen LogP contribution in [-0.4, -0.2) is 22.6 Å². The Labute approximate surface area is 95.7 Å². The number of rotatable bonds is 4. The third-order valence-electron chi connectivity index (χ3n) is 2.89. The first-order chi connectivity index (χ1) is 7.51. The van der Waals surface area contributed by atoms with Gasteiger partial charge in [-0.05, 0) is 18.1 Å². The number of aromatic nitrogens is 1. The summed E-state index contributed by atoms with van der Waals surface area (Å²) >= 11 is 0. The van der Waals surface area contributed by atoms with Crippen LogP contribution in [-0.2, 0) is 10.2 Å². The van der Waals surface area contributed by atoms with Gasteiger partial charge in [0.05, 0.1) is 6.61 Å². The second kappa shape index (κ2) is 5.07. The number of nitrogens with one attached hydrogen (secondary N) is 1. The fraction of sp³-hybridized carbons (Fsp3) is 0.500. The largest absolute Gasteiger partial charge is 0.395 e. The molecule has 0 aliphatic carbocycles. The Morgan fingerprint density at radius 3 is 2.62 bits per heavy atom. The van der Waals surface area contributed by atoms with Crippen molar-refractivity contribution in [2.45, 2.75) is 32.6 Å². The van der Waals surface area contributed by atoms with E-state index in [0.29, 0.717) is 5.82 Å². The number of carbonyl (C=O) groups is 1. The molecule has 4 nitrogen and oxygen atoms in total. The molecule has 88 valence electrons. The number of anilines is 1. The zero-order valence-electron chi connectivity index (χ0n) is 9.95. The molecule has 0 radical (unpaired) electrons. The number of amides is 1. The second-order valence-electron chi connectivity index (χ2n) is 4.19. The SMILES string of the molecule is CCC(C)(CO)c1ccc(NC(C)=O)nc1. The molecule has 1 amide bonds. The standard InChI is InChI=1S/C12H18N2O2/c1-4-12(3,8-15)10-5-6-11(13-7-10)14-9(2)16/h5-7,15H,4,8H2,1-3H3,(H,13,14,16). The highest BCUT2D eigenvalue weighted by molar-refractivity contribution is 5.87. The van der Waals surface area contributed by atoms with Crippen molar-refractivity contribution in [2.24, 2.45) is 0 Å². The first-order valence-corrected chi connectivity index (χ1v) is 5.37. The average molecular weight is 222 g/mol. The lowest BCUT2D eigenvalue weighted by Gasteiger charge is -2.25. The molecule has 1 atom stereocenters. The number of hydrogen-bond acceptors (Lipinski definition) is 3. The minimum Gasteiger partial charge on any atom is -0.395 e. The molecule has 0 aromatic carbocycles. The average Bonchev–Trinajstić information content (AvgIpc) is 2.28. The zero-order chi connectivity index (χ0) is 12.2. The van der Waals surface area contributed by atoms with Crippen molar-refractivity contribution in [3.05, 3.63) is 23.9 Å². The highest BCUT2D eigenvalue weighted by Crippen LogP contribution is 2.26. The van der Waals surface area contributed by atoms with Crippen LogP contribution in [0.25, 0.3) is 0 Å². The van der Waals surface area contributed by atoms with Crippen LogP contribution in [0.3, 0.4) is 0 Å². The maximum atomic E-state index is 10.8. The summed E-state index contributed by atoms with van der Waals surface area (Å²) in [6.07, 6.45) is 2.54. The summed E-state index contributed by atoms with van der Waals surface area (Å²) in [7, 11) is 0. The van der Waals surface area contributed by atoms with Gasteiger partial charge in [-0.25, -0.2) is 4.98 Å². The summed E-state index contributed by atoms with van der Waals surface area (Å²) in [4.78, 5) is 15.0. The lowest BCUT2D eigenvalue weighted by Crippen LogP contribution is -2.25. The maximum Gasteiger partial charge on any atom is 0.222 e. The summed E-state index contributed by atoms with van der Waals surface area (Å²) in [6, 6.07) is 3.64. The van der Waals surface area contributed by atoms with Gasteiger partial charge in [0.25, 0.3) is 0 Å². The zero-order valence-corrected chi connectivity index (χ0v) is 9.95. The summed E-state index contributed by atoms with van der Waals surface area (Å²) in [5.74, 6) is 0.397. The smallest absolute Gasteiger partial charge is 0.222 e. The van der Waals surface area contributed by atoms with Crippen molar-refractivity contribution < 1.29 is 9.90 Å². The fourth-order valence-corrected chi connectivity index (χ4v) is 1.41. The number of carbonyl (C=O) groups excluding carboxylic acids is 1. The van der Waals surface area contributed by atoms with Gasteiger partial charge >= 0.3 is 0 Å².